The van der Waals surface area contributed by atoms with E-state index in [1.54, 1.807) is 0 Å². The molecule has 246 valence electrons. The maximum atomic E-state index is 5.40. The molecule has 5 heteroatoms. The van der Waals surface area contributed by atoms with Crippen molar-refractivity contribution in [1.82, 2.24) is 23.5 Å². The highest BCUT2D eigenvalue weighted by Gasteiger charge is 2.22. The molecule has 0 fully saturated rings. The van der Waals surface area contributed by atoms with E-state index in [9.17, 15) is 0 Å². The molecule has 0 aliphatic carbocycles. The molecule has 0 spiro atoms. The van der Waals surface area contributed by atoms with Crippen molar-refractivity contribution >= 4 is 82.0 Å². The highest BCUT2D eigenvalue weighted by Crippen LogP contribution is 2.40. The van der Waals surface area contributed by atoms with Crippen LogP contribution in [-0.4, -0.2) is 23.5 Å². The second-order valence-corrected chi connectivity index (χ2v) is 13.9. The van der Waals surface area contributed by atoms with Crippen molar-refractivity contribution in [3.05, 3.63) is 176 Å². The molecule has 0 amide bonds. The molecular weight excluding hydrogens is 647 g/mol. The van der Waals surface area contributed by atoms with Crippen LogP contribution in [0.25, 0.3) is 105 Å². The third kappa shape index (κ3) is 3.96. The predicted molar refractivity (Wildman–Crippen MR) is 220 cm³/mol. The van der Waals surface area contributed by atoms with Crippen molar-refractivity contribution in [1.29, 1.82) is 0 Å². The van der Waals surface area contributed by atoms with Gasteiger partial charge in [-0.1, -0.05) is 109 Å². The van der Waals surface area contributed by atoms with E-state index >= 15 is 0 Å². The van der Waals surface area contributed by atoms with E-state index in [2.05, 4.69) is 189 Å². The molecule has 0 saturated heterocycles. The summed E-state index contributed by atoms with van der Waals surface area (Å²) in [6, 6.07) is 63.1. The molecule has 0 atom stereocenters. The van der Waals surface area contributed by atoms with Crippen molar-refractivity contribution in [2.45, 2.75) is 0 Å². The Bertz CT molecular complexity index is 3420. The zero-order chi connectivity index (χ0) is 34.6. The quantitative estimate of drug-likeness (QED) is 0.187. The first kappa shape index (κ1) is 28.5. The van der Waals surface area contributed by atoms with Crippen LogP contribution >= 0.6 is 0 Å². The molecule has 0 bridgehead atoms. The largest absolute Gasteiger partial charge is 0.309 e. The summed E-state index contributed by atoms with van der Waals surface area (Å²) in [5.74, 6) is 0.823. The summed E-state index contributed by atoms with van der Waals surface area (Å²) in [4.78, 5) is 10.6. The van der Waals surface area contributed by atoms with Crippen LogP contribution in [0.4, 0.5) is 0 Å². The molecule has 0 aliphatic rings. The molecule has 4 aromatic heterocycles. The summed E-state index contributed by atoms with van der Waals surface area (Å²) < 4.78 is 6.95. The van der Waals surface area contributed by atoms with Gasteiger partial charge in [0, 0.05) is 32.6 Å². The minimum absolute atomic E-state index is 0.823. The fourth-order valence-electron chi connectivity index (χ4n) is 8.69. The summed E-state index contributed by atoms with van der Waals surface area (Å²) in [7, 11) is 0. The Morgan fingerprint density at radius 3 is 1.79 bits per heavy atom. The Morgan fingerprint density at radius 2 is 0.981 bits per heavy atom. The minimum Gasteiger partial charge on any atom is -0.309 e. The molecule has 0 aliphatic heterocycles. The fourth-order valence-corrected chi connectivity index (χ4v) is 8.69. The lowest BCUT2D eigenvalue weighted by Gasteiger charge is -2.13. The van der Waals surface area contributed by atoms with Crippen molar-refractivity contribution < 1.29 is 0 Å². The van der Waals surface area contributed by atoms with Gasteiger partial charge in [-0.05, 0) is 88.6 Å². The molecule has 0 N–H and O–H groups in total. The molecule has 53 heavy (non-hydrogen) atoms. The van der Waals surface area contributed by atoms with Crippen LogP contribution in [0.15, 0.2) is 176 Å². The van der Waals surface area contributed by atoms with Crippen LogP contribution < -0.4 is 0 Å². The first-order valence-corrected chi connectivity index (χ1v) is 18.0. The van der Waals surface area contributed by atoms with Gasteiger partial charge < -0.3 is 4.57 Å². The van der Waals surface area contributed by atoms with E-state index in [4.69, 9.17) is 9.97 Å². The van der Waals surface area contributed by atoms with Crippen LogP contribution in [0.5, 0.6) is 0 Å². The molecule has 12 rings (SSSR count). The van der Waals surface area contributed by atoms with Crippen molar-refractivity contribution in [2.75, 3.05) is 0 Å². The molecule has 0 unspecified atom stereocenters. The number of imidazole rings is 1. The van der Waals surface area contributed by atoms with Crippen LogP contribution in [0.1, 0.15) is 0 Å². The average molecular weight is 676 g/mol. The zero-order valence-electron chi connectivity index (χ0n) is 28.5. The van der Waals surface area contributed by atoms with E-state index in [0.29, 0.717) is 0 Å². The van der Waals surface area contributed by atoms with Crippen molar-refractivity contribution in [3.8, 4) is 22.8 Å². The van der Waals surface area contributed by atoms with Crippen LogP contribution in [0.2, 0.25) is 0 Å². The van der Waals surface area contributed by atoms with Gasteiger partial charge in [0.05, 0.1) is 38.6 Å². The number of benzene rings is 8. The molecule has 5 nitrogen and oxygen atoms in total. The van der Waals surface area contributed by atoms with Crippen LogP contribution in [0.3, 0.4) is 0 Å². The Balaban J connectivity index is 1.15. The lowest BCUT2D eigenvalue weighted by atomic mass is 10.00. The number of hydrogen-bond acceptors (Lipinski definition) is 2. The van der Waals surface area contributed by atoms with E-state index in [1.807, 2.05) is 0 Å². The maximum Gasteiger partial charge on any atom is 0.221 e. The molecular formula is C48H29N5. The summed E-state index contributed by atoms with van der Waals surface area (Å²) in [6.07, 6.45) is 0. The Hall–Kier alpha value is -7.24. The molecule has 12 aromatic rings. The summed E-state index contributed by atoms with van der Waals surface area (Å²) in [6.45, 7) is 0. The van der Waals surface area contributed by atoms with Gasteiger partial charge in [0.2, 0.25) is 5.95 Å². The SMILES string of the molecule is c1cc(-c2ccc3c(c2)c2c4ccccc4ccc2n3-c2nc3ccccc3c3nc4ccccc4n23)cc(-n2c3ccccc3c3ccccc32)c1. The number of fused-ring (bicyclic) bond motifs is 13. The molecule has 0 saturated carbocycles. The first-order valence-electron chi connectivity index (χ1n) is 18.0. The van der Waals surface area contributed by atoms with Gasteiger partial charge in [-0.15, -0.1) is 0 Å². The summed E-state index contributed by atoms with van der Waals surface area (Å²) in [5, 5.41) is 8.38. The highest BCUT2D eigenvalue weighted by atomic mass is 15.2. The van der Waals surface area contributed by atoms with Crippen LogP contribution in [-0.2, 0) is 0 Å². The van der Waals surface area contributed by atoms with E-state index in [-0.39, 0.29) is 0 Å². The van der Waals surface area contributed by atoms with E-state index in [0.717, 1.165) is 55.8 Å². The van der Waals surface area contributed by atoms with Gasteiger partial charge in [0.25, 0.3) is 0 Å². The normalized spacial score (nSPS) is 12.2. The maximum absolute atomic E-state index is 5.40. The second kappa shape index (κ2) is 10.6. The predicted octanol–water partition coefficient (Wildman–Crippen LogP) is 12.1. The standard InChI is InChI=1S/C48H29N5/c1-2-15-34-30(12-1)24-27-45-46(34)38-29-32(31-13-11-14-33(28-31)51-41-21-8-4-16-35(41)36-17-5-9-22-42(36)51)25-26-43(38)52(45)48-50-39-19-6-3-18-37(39)47-49-40-20-7-10-23-44(40)53(47)48/h1-29H. The summed E-state index contributed by atoms with van der Waals surface area (Å²) >= 11 is 0. The van der Waals surface area contributed by atoms with Gasteiger partial charge in [-0.3, -0.25) is 8.97 Å². The smallest absolute Gasteiger partial charge is 0.221 e. The lowest BCUT2D eigenvalue weighted by Crippen LogP contribution is -2.06. The van der Waals surface area contributed by atoms with Crippen molar-refractivity contribution in [2.24, 2.45) is 0 Å². The number of nitrogens with zero attached hydrogens (tertiary/aromatic N) is 5. The van der Waals surface area contributed by atoms with Crippen LogP contribution in [0, 0.1) is 0 Å². The minimum atomic E-state index is 0.823. The molecule has 0 radical (unpaired) electrons. The third-order valence-corrected chi connectivity index (χ3v) is 11.0. The summed E-state index contributed by atoms with van der Waals surface area (Å²) in [5.41, 5.74) is 11.9. The highest BCUT2D eigenvalue weighted by molar-refractivity contribution is 6.22. The number of para-hydroxylation sites is 5. The topological polar surface area (TPSA) is 40.1 Å². The number of hydrogen-bond donors (Lipinski definition) is 0. The van der Waals surface area contributed by atoms with Gasteiger partial charge in [-0.2, -0.15) is 0 Å². The zero-order valence-corrected chi connectivity index (χ0v) is 28.5. The van der Waals surface area contributed by atoms with Gasteiger partial charge in [0.1, 0.15) is 5.65 Å². The van der Waals surface area contributed by atoms with E-state index in [1.165, 1.54) is 48.9 Å². The van der Waals surface area contributed by atoms with E-state index < -0.39 is 0 Å². The number of aromatic nitrogens is 5. The second-order valence-electron chi connectivity index (χ2n) is 13.9. The first-order chi connectivity index (χ1) is 26.3. The number of rotatable bonds is 3. The van der Waals surface area contributed by atoms with Crippen molar-refractivity contribution in [3.63, 3.8) is 0 Å². The Morgan fingerprint density at radius 1 is 0.358 bits per heavy atom. The Labute approximate surface area is 303 Å². The monoisotopic (exact) mass is 675 g/mol. The van der Waals surface area contributed by atoms with Gasteiger partial charge in [-0.25, -0.2) is 9.97 Å². The fraction of sp³-hybridized carbons (Fsp3) is 0. The lowest BCUT2D eigenvalue weighted by molar-refractivity contribution is 0.980. The van der Waals surface area contributed by atoms with Gasteiger partial charge in [0.15, 0.2) is 0 Å². The third-order valence-electron chi connectivity index (χ3n) is 11.0. The Kier molecular flexibility index (Phi) is 5.71. The molecule has 8 aromatic carbocycles. The molecule has 4 heterocycles. The average Bonchev–Trinajstić information content (AvgIpc) is 3.89. The van der Waals surface area contributed by atoms with Gasteiger partial charge >= 0.3 is 0 Å².